The fourth-order valence-electron chi connectivity index (χ4n) is 2.87. The molecule has 6 nitrogen and oxygen atoms in total. The summed E-state index contributed by atoms with van der Waals surface area (Å²) in [6.45, 7) is 0.726. The number of anilines is 1. The average molecular weight is 372 g/mol. The Balaban J connectivity index is 1.95. The molecule has 26 heavy (non-hydrogen) atoms. The first-order valence-electron chi connectivity index (χ1n) is 8.21. The van der Waals surface area contributed by atoms with Crippen molar-refractivity contribution in [3.05, 3.63) is 64.7 Å². The molecule has 0 aromatic heterocycles. The molecule has 3 amide bonds. The lowest BCUT2D eigenvalue weighted by atomic mass is 10.1. The molecule has 134 valence electrons. The number of nitrogens with two attached hydrogens (primary N) is 1. The third-order valence-corrected chi connectivity index (χ3v) is 4.63. The molecule has 1 aliphatic heterocycles. The number of carbonyl (C=O) groups excluding carboxylic acids is 3. The smallest absolute Gasteiger partial charge is 0.261 e. The Bertz CT molecular complexity index is 851. The number of benzene rings is 2. The molecular weight excluding hydrogens is 354 g/mol. The lowest BCUT2D eigenvalue weighted by molar-refractivity contribution is -0.127. The highest BCUT2D eigenvalue weighted by Crippen LogP contribution is 2.24. The molecule has 2 aromatic rings. The standard InChI is InChI=1S/C19H18ClN3O3/c20-16-5-2-1-4-15(16)19(26)23(12-22-11-3-6-17(22)24)14-9-7-13(8-10-14)18(21)25/h1-2,4-5,7-10H,3,6,11-12H2,(H2,21,25). The molecule has 0 radical (unpaired) electrons. The molecule has 3 rings (SSSR count). The molecule has 2 aromatic carbocycles. The van der Waals surface area contributed by atoms with Crippen LogP contribution >= 0.6 is 11.6 Å². The van der Waals surface area contributed by atoms with E-state index in [1.54, 1.807) is 53.4 Å². The third kappa shape index (κ3) is 3.70. The van der Waals surface area contributed by atoms with Gasteiger partial charge in [-0.1, -0.05) is 23.7 Å². The quantitative estimate of drug-likeness (QED) is 0.876. The van der Waals surface area contributed by atoms with E-state index in [0.29, 0.717) is 34.8 Å². The summed E-state index contributed by atoms with van der Waals surface area (Å²) < 4.78 is 0. The molecule has 0 bridgehead atoms. The fraction of sp³-hybridized carbons (Fsp3) is 0.211. The summed E-state index contributed by atoms with van der Waals surface area (Å²) in [7, 11) is 0. The number of likely N-dealkylation sites (tertiary alicyclic amines) is 1. The van der Waals surface area contributed by atoms with Crippen molar-refractivity contribution in [2.45, 2.75) is 12.8 Å². The van der Waals surface area contributed by atoms with Crippen molar-refractivity contribution >= 4 is 35.0 Å². The zero-order valence-electron chi connectivity index (χ0n) is 14.0. The molecule has 0 aliphatic carbocycles. The van der Waals surface area contributed by atoms with Gasteiger partial charge in [0.05, 0.1) is 10.6 Å². The normalized spacial score (nSPS) is 13.7. The number of carbonyl (C=O) groups is 3. The first kappa shape index (κ1) is 17.9. The monoisotopic (exact) mass is 371 g/mol. The van der Waals surface area contributed by atoms with E-state index in [9.17, 15) is 14.4 Å². The van der Waals surface area contributed by atoms with Crippen molar-refractivity contribution in [3.63, 3.8) is 0 Å². The molecule has 0 unspecified atom stereocenters. The molecular formula is C19H18ClN3O3. The molecule has 7 heteroatoms. The highest BCUT2D eigenvalue weighted by atomic mass is 35.5. The van der Waals surface area contributed by atoms with E-state index in [4.69, 9.17) is 17.3 Å². The van der Waals surface area contributed by atoms with E-state index in [-0.39, 0.29) is 18.5 Å². The van der Waals surface area contributed by atoms with Crippen molar-refractivity contribution in [2.24, 2.45) is 5.73 Å². The Morgan fingerprint density at radius 2 is 1.81 bits per heavy atom. The lowest BCUT2D eigenvalue weighted by Crippen LogP contribution is -2.42. The number of hydrogen-bond donors (Lipinski definition) is 1. The fourth-order valence-corrected chi connectivity index (χ4v) is 3.09. The van der Waals surface area contributed by atoms with Crippen LogP contribution in [-0.2, 0) is 4.79 Å². The van der Waals surface area contributed by atoms with Gasteiger partial charge in [-0.2, -0.15) is 0 Å². The zero-order chi connectivity index (χ0) is 18.7. The van der Waals surface area contributed by atoms with Gasteiger partial charge in [-0.25, -0.2) is 0 Å². The van der Waals surface area contributed by atoms with E-state index in [0.717, 1.165) is 6.42 Å². The second kappa shape index (κ2) is 7.58. The van der Waals surface area contributed by atoms with Crippen molar-refractivity contribution in [3.8, 4) is 0 Å². The van der Waals surface area contributed by atoms with Crippen LogP contribution in [0.5, 0.6) is 0 Å². The van der Waals surface area contributed by atoms with Gasteiger partial charge in [0.2, 0.25) is 11.8 Å². The lowest BCUT2D eigenvalue weighted by Gasteiger charge is -2.28. The summed E-state index contributed by atoms with van der Waals surface area (Å²) in [6.07, 6.45) is 1.25. The highest BCUT2D eigenvalue weighted by molar-refractivity contribution is 6.34. The van der Waals surface area contributed by atoms with Gasteiger partial charge in [0.1, 0.15) is 6.67 Å². The Hall–Kier alpha value is -2.86. The van der Waals surface area contributed by atoms with Gasteiger partial charge in [0, 0.05) is 24.2 Å². The van der Waals surface area contributed by atoms with Crippen LogP contribution in [0.1, 0.15) is 33.6 Å². The van der Waals surface area contributed by atoms with Crippen LogP contribution in [-0.4, -0.2) is 35.8 Å². The van der Waals surface area contributed by atoms with Gasteiger partial charge in [-0.3, -0.25) is 19.3 Å². The minimum atomic E-state index is -0.546. The van der Waals surface area contributed by atoms with E-state index in [2.05, 4.69) is 0 Å². The predicted octanol–water partition coefficient (Wildman–Crippen LogP) is 2.67. The maximum atomic E-state index is 13.1. The zero-order valence-corrected chi connectivity index (χ0v) is 14.8. The van der Waals surface area contributed by atoms with Gasteiger partial charge < -0.3 is 10.6 Å². The SMILES string of the molecule is NC(=O)c1ccc(N(CN2CCCC2=O)C(=O)c2ccccc2Cl)cc1. The summed E-state index contributed by atoms with van der Waals surface area (Å²) in [5, 5.41) is 0.337. The van der Waals surface area contributed by atoms with Gasteiger partial charge in [0.15, 0.2) is 0 Å². The summed E-state index contributed by atoms with van der Waals surface area (Å²) >= 11 is 6.17. The highest BCUT2D eigenvalue weighted by Gasteiger charge is 2.27. The van der Waals surface area contributed by atoms with Crippen LogP contribution in [0.4, 0.5) is 5.69 Å². The van der Waals surface area contributed by atoms with Crippen LogP contribution in [0, 0.1) is 0 Å². The van der Waals surface area contributed by atoms with Crippen molar-refractivity contribution in [1.82, 2.24) is 4.90 Å². The Kier molecular flexibility index (Phi) is 5.23. The number of primary amides is 1. The van der Waals surface area contributed by atoms with Crippen molar-refractivity contribution in [1.29, 1.82) is 0 Å². The maximum absolute atomic E-state index is 13.1. The summed E-state index contributed by atoms with van der Waals surface area (Å²) in [6, 6.07) is 13.1. The number of rotatable bonds is 5. The van der Waals surface area contributed by atoms with Crippen LogP contribution in [0.3, 0.4) is 0 Å². The minimum Gasteiger partial charge on any atom is -0.366 e. The molecule has 1 fully saturated rings. The predicted molar refractivity (Wildman–Crippen MR) is 99.0 cm³/mol. The first-order chi connectivity index (χ1) is 12.5. The van der Waals surface area contributed by atoms with Crippen LogP contribution < -0.4 is 10.6 Å². The summed E-state index contributed by atoms with van der Waals surface area (Å²) in [5.41, 5.74) is 6.52. The van der Waals surface area contributed by atoms with E-state index in [1.807, 2.05) is 0 Å². The van der Waals surface area contributed by atoms with Crippen molar-refractivity contribution < 1.29 is 14.4 Å². The molecule has 0 spiro atoms. The molecule has 1 aliphatic rings. The Morgan fingerprint density at radius 1 is 1.12 bits per heavy atom. The van der Waals surface area contributed by atoms with E-state index < -0.39 is 5.91 Å². The largest absolute Gasteiger partial charge is 0.366 e. The van der Waals surface area contributed by atoms with E-state index >= 15 is 0 Å². The van der Waals surface area contributed by atoms with Crippen LogP contribution in [0.25, 0.3) is 0 Å². The molecule has 0 saturated carbocycles. The van der Waals surface area contributed by atoms with Crippen LogP contribution in [0.15, 0.2) is 48.5 Å². The number of amides is 3. The number of halogens is 1. The van der Waals surface area contributed by atoms with Crippen molar-refractivity contribution in [2.75, 3.05) is 18.1 Å². The summed E-state index contributed by atoms with van der Waals surface area (Å²) in [5.74, 6) is -0.854. The number of nitrogens with zero attached hydrogens (tertiary/aromatic N) is 2. The minimum absolute atomic E-state index is 0.00992. The second-order valence-electron chi connectivity index (χ2n) is 6.03. The Labute approximate surface area is 156 Å². The van der Waals surface area contributed by atoms with Gasteiger partial charge in [-0.05, 0) is 42.8 Å². The second-order valence-corrected chi connectivity index (χ2v) is 6.43. The van der Waals surface area contributed by atoms with Crippen LogP contribution in [0.2, 0.25) is 5.02 Å². The molecule has 2 N–H and O–H groups in total. The topological polar surface area (TPSA) is 83.7 Å². The maximum Gasteiger partial charge on any atom is 0.261 e. The third-order valence-electron chi connectivity index (χ3n) is 4.30. The van der Waals surface area contributed by atoms with Gasteiger partial charge in [-0.15, -0.1) is 0 Å². The van der Waals surface area contributed by atoms with E-state index in [1.165, 1.54) is 4.90 Å². The average Bonchev–Trinajstić information content (AvgIpc) is 3.04. The molecule has 1 saturated heterocycles. The molecule has 1 heterocycles. The summed E-state index contributed by atoms with van der Waals surface area (Å²) in [4.78, 5) is 39.5. The molecule has 0 atom stereocenters. The van der Waals surface area contributed by atoms with Gasteiger partial charge >= 0.3 is 0 Å². The van der Waals surface area contributed by atoms with Gasteiger partial charge in [0.25, 0.3) is 5.91 Å². The number of hydrogen-bond acceptors (Lipinski definition) is 3. The Morgan fingerprint density at radius 3 is 2.38 bits per heavy atom. The first-order valence-corrected chi connectivity index (χ1v) is 8.59.